The minimum atomic E-state index is -0.372. The predicted molar refractivity (Wildman–Crippen MR) is 423 cm³/mol. The van der Waals surface area contributed by atoms with E-state index in [0.29, 0.717) is 15.6 Å². The highest BCUT2D eigenvalue weighted by atomic mass is 79.9. The third-order valence-electron chi connectivity index (χ3n) is 18.5. The second-order valence-corrected chi connectivity index (χ2v) is 27.9. The number of para-hydroxylation sites is 1. The summed E-state index contributed by atoms with van der Waals surface area (Å²) in [5.74, 6) is 0. The number of hydrogen-bond donors (Lipinski definition) is 0. The molecule has 0 bridgehead atoms. The van der Waals surface area contributed by atoms with Crippen molar-refractivity contribution in [3.05, 3.63) is 293 Å². The van der Waals surface area contributed by atoms with Crippen molar-refractivity contribution in [1.82, 2.24) is 29.9 Å². The Bertz CT molecular complexity index is 6450. The van der Waals surface area contributed by atoms with Crippen LogP contribution in [0.15, 0.2) is 299 Å². The molecule has 0 spiro atoms. The van der Waals surface area contributed by atoms with Crippen LogP contribution in [0.25, 0.3) is 155 Å². The second kappa shape index (κ2) is 28.0. The monoisotopic (exact) mass is 1470 g/mol. The molecule has 20 aromatic rings. The standard InChI is InChI=1S/C17H18BNO3.C17H10BrNO.C17H10ClNO.2C12H9NO.C11H6ClNO/c1-16(2)17(3,4)22-18(21-16)11-7-8-13-12(10-11)15-14(20-13)6-5-9-19-15;18-13-4-1-3-11(9-13)12-6-7-15-14(10-12)17-16(20-15)5-2-8-19-17;18-14-10-12(11-5-2-1-3-6-11)9-13-16-15(20-17(13)14)7-4-8-19-16;1-8-4-5-10-9(7-8)12-11(14-10)3-2-6-13-12;1-8-4-5-9-11(7-8)14-10-3-2-6-13-12(9)10;12-7-5-10-11(13-6-7)8-3-1-2-4-9(8)14-10/h5-10H,1-4H3;2*1-10H;2*2-7H,1H3;1-6H. The van der Waals surface area contributed by atoms with Gasteiger partial charge in [0.2, 0.25) is 0 Å². The van der Waals surface area contributed by atoms with Crippen molar-refractivity contribution in [1.29, 1.82) is 0 Å². The molecule has 1 aliphatic rings. The molecule has 0 unspecified atom stereocenters. The molecule has 13 heterocycles. The van der Waals surface area contributed by atoms with Gasteiger partial charge in [0.25, 0.3) is 0 Å². The quantitative estimate of drug-likeness (QED) is 0.153. The highest BCUT2D eigenvalue weighted by Crippen LogP contribution is 2.40. The first-order valence-corrected chi connectivity index (χ1v) is 35.2. The topological polar surface area (TPSA) is 175 Å². The van der Waals surface area contributed by atoms with Gasteiger partial charge in [-0.15, -0.1) is 0 Å². The van der Waals surface area contributed by atoms with Crippen molar-refractivity contribution >= 4 is 184 Å². The third kappa shape index (κ3) is 13.4. The van der Waals surface area contributed by atoms with Crippen LogP contribution < -0.4 is 5.46 Å². The number of halogens is 3. The fourth-order valence-corrected chi connectivity index (χ4v) is 13.4. The number of fused-ring (bicyclic) bond motifs is 18. The molecule has 0 radical (unpaired) electrons. The van der Waals surface area contributed by atoms with Gasteiger partial charge in [0.1, 0.15) is 61.0 Å². The van der Waals surface area contributed by atoms with Crippen LogP contribution in [0.3, 0.4) is 0 Å². The van der Waals surface area contributed by atoms with Gasteiger partial charge in [0.05, 0.1) is 21.2 Å². The van der Waals surface area contributed by atoms with Crippen LogP contribution in [0.1, 0.15) is 38.8 Å². The zero-order valence-corrected chi connectivity index (χ0v) is 60.2. The number of aryl methyl sites for hydroxylation is 2. The first kappa shape index (κ1) is 67.0. The van der Waals surface area contributed by atoms with E-state index < -0.39 is 0 Å². The summed E-state index contributed by atoms with van der Waals surface area (Å²) in [5, 5.41) is 7.41. The van der Waals surface area contributed by atoms with E-state index >= 15 is 0 Å². The molecule has 1 saturated heterocycles. The molecule has 508 valence electrons. The summed E-state index contributed by atoms with van der Waals surface area (Å²) in [7, 11) is -0.372. The molecule has 12 aromatic heterocycles. The number of aromatic nitrogens is 6. The van der Waals surface area contributed by atoms with Gasteiger partial charge in [0, 0.05) is 80.0 Å². The summed E-state index contributed by atoms with van der Waals surface area (Å²) in [6.45, 7) is 12.3. The number of furan rings is 6. The summed E-state index contributed by atoms with van der Waals surface area (Å²) in [4.78, 5) is 26.1. The highest BCUT2D eigenvalue weighted by molar-refractivity contribution is 9.10. The SMILES string of the molecule is Brc1cccc(-c2ccc3oc4cccnc4c3c2)c1.CC1(C)OB(c2ccc3oc4cccnc4c3c2)OC1(C)C.Cc1ccc2c(c1)oc1cccnc12.Cc1ccc2oc3cccnc3c2c1.Clc1cc(-c2ccccc2)cc2c1oc1cccnc12.Clc1cnc2c(c1)oc1ccccc12. The summed E-state index contributed by atoms with van der Waals surface area (Å²) in [6, 6.07) is 75.6. The van der Waals surface area contributed by atoms with E-state index in [9.17, 15) is 0 Å². The van der Waals surface area contributed by atoms with Crippen LogP contribution in [0.5, 0.6) is 0 Å². The predicted octanol–water partition coefficient (Wildman–Crippen LogP) is 24.2. The zero-order chi connectivity index (χ0) is 71.2. The average Bonchev–Trinajstić information content (AvgIpc) is 1.62. The Morgan fingerprint density at radius 2 is 0.760 bits per heavy atom. The lowest BCUT2D eigenvalue weighted by molar-refractivity contribution is 0.00578. The van der Waals surface area contributed by atoms with Crippen LogP contribution in [-0.2, 0) is 9.31 Å². The van der Waals surface area contributed by atoms with Crippen molar-refractivity contribution < 1.29 is 35.8 Å². The number of benzene rings is 8. The van der Waals surface area contributed by atoms with Gasteiger partial charge in [-0.2, -0.15) is 0 Å². The van der Waals surface area contributed by atoms with E-state index in [-0.39, 0.29) is 18.3 Å². The Morgan fingerprint density at radius 1 is 0.317 bits per heavy atom. The van der Waals surface area contributed by atoms with E-state index in [4.69, 9.17) is 59.0 Å². The van der Waals surface area contributed by atoms with Gasteiger partial charge in [-0.25, -0.2) is 0 Å². The minimum absolute atomic E-state index is 0.344. The second-order valence-electron chi connectivity index (χ2n) is 26.1. The van der Waals surface area contributed by atoms with Gasteiger partial charge in [0.15, 0.2) is 39.1 Å². The molecule has 0 N–H and O–H groups in total. The first-order chi connectivity index (χ1) is 50.5. The Kier molecular flexibility index (Phi) is 18.1. The van der Waals surface area contributed by atoms with Crippen molar-refractivity contribution in [3.8, 4) is 22.3 Å². The summed E-state index contributed by atoms with van der Waals surface area (Å²) in [5.41, 5.74) is 22.5. The smallest absolute Gasteiger partial charge is 0.454 e. The van der Waals surface area contributed by atoms with Crippen molar-refractivity contribution in [3.63, 3.8) is 0 Å². The molecule has 0 amide bonds. The van der Waals surface area contributed by atoms with E-state index in [1.54, 1.807) is 43.2 Å². The summed E-state index contributed by atoms with van der Waals surface area (Å²) in [6.07, 6.45) is 10.5. The Hall–Kier alpha value is -11.5. The first-order valence-electron chi connectivity index (χ1n) is 33.6. The molecule has 0 saturated carbocycles. The number of nitrogens with zero attached hydrogens (tertiary/aromatic N) is 6. The van der Waals surface area contributed by atoms with Gasteiger partial charge in [-0.1, -0.05) is 124 Å². The number of hydrogen-bond acceptors (Lipinski definition) is 14. The normalized spacial score (nSPS) is 13.1. The van der Waals surface area contributed by atoms with Crippen LogP contribution in [0, 0.1) is 13.8 Å². The molecule has 1 fully saturated rings. The lowest BCUT2D eigenvalue weighted by Gasteiger charge is -2.32. The van der Waals surface area contributed by atoms with Gasteiger partial charge in [-0.3, -0.25) is 29.9 Å². The maximum atomic E-state index is 6.36. The lowest BCUT2D eigenvalue weighted by atomic mass is 9.78. The van der Waals surface area contributed by atoms with E-state index in [0.717, 1.165) is 153 Å². The fourth-order valence-electron chi connectivity index (χ4n) is 12.6. The highest BCUT2D eigenvalue weighted by Gasteiger charge is 2.51. The molecular weight excluding hydrogens is 1410 g/mol. The molecule has 0 atom stereocenters. The molecule has 21 rings (SSSR count). The maximum Gasteiger partial charge on any atom is 0.494 e. The molecule has 1 aliphatic heterocycles. The van der Waals surface area contributed by atoms with Crippen LogP contribution in [-0.4, -0.2) is 48.2 Å². The van der Waals surface area contributed by atoms with Crippen molar-refractivity contribution in [2.45, 2.75) is 52.7 Å². The summed E-state index contributed by atoms with van der Waals surface area (Å²) < 4.78 is 47.6. The van der Waals surface area contributed by atoms with Crippen molar-refractivity contribution in [2.24, 2.45) is 0 Å². The fraction of sp³-hybridized carbons (Fsp3) is 0.0930. The molecule has 18 heteroatoms. The van der Waals surface area contributed by atoms with Gasteiger partial charge < -0.3 is 35.8 Å². The third-order valence-corrected chi connectivity index (χ3v) is 19.5. The van der Waals surface area contributed by atoms with Crippen LogP contribution in [0.2, 0.25) is 10.0 Å². The number of pyridine rings is 6. The molecule has 104 heavy (non-hydrogen) atoms. The molecule has 8 aromatic carbocycles. The lowest BCUT2D eigenvalue weighted by Crippen LogP contribution is -2.41. The van der Waals surface area contributed by atoms with Gasteiger partial charge in [-0.05, 0) is 220 Å². The van der Waals surface area contributed by atoms with Crippen LogP contribution in [0.4, 0.5) is 0 Å². The number of rotatable bonds is 3. The maximum absolute atomic E-state index is 6.36. The van der Waals surface area contributed by atoms with E-state index in [1.807, 2.05) is 158 Å². The summed E-state index contributed by atoms with van der Waals surface area (Å²) >= 11 is 15.7. The van der Waals surface area contributed by atoms with E-state index in [2.05, 4.69) is 154 Å². The Labute approximate surface area is 614 Å². The zero-order valence-electron chi connectivity index (χ0n) is 57.1. The molecular formula is C86H62BBrCl2N6O8. The van der Waals surface area contributed by atoms with E-state index in [1.165, 1.54) is 16.7 Å². The van der Waals surface area contributed by atoms with Gasteiger partial charge >= 0.3 is 7.12 Å². The average molecular weight is 1470 g/mol. The Balaban J connectivity index is 0.0000000970. The molecule has 0 aliphatic carbocycles. The minimum Gasteiger partial charge on any atom is -0.454 e. The molecule has 14 nitrogen and oxygen atoms in total. The Morgan fingerprint density at radius 3 is 1.38 bits per heavy atom. The largest absolute Gasteiger partial charge is 0.494 e. The van der Waals surface area contributed by atoms with Crippen LogP contribution >= 0.6 is 39.1 Å². The van der Waals surface area contributed by atoms with Crippen molar-refractivity contribution in [2.75, 3.05) is 0 Å².